The van der Waals surface area contributed by atoms with E-state index in [1.165, 1.54) is 10.9 Å². The lowest BCUT2D eigenvalue weighted by atomic mass is 10.1. The van der Waals surface area contributed by atoms with Crippen LogP contribution in [0.3, 0.4) is 0 Å². The van der Waals surface area contributed by atoms with Gasteiger partial charge in [-0.15, -0.1) is 0 Å². The second kappa shape index (κ2) is 7.20. The van der Waals surface area contributed by atoms with E-state index in [-0.39, 0.29) is 5.69 Å². The number of anilines is 1. The molecule has 0 aliphatic rings. The van der Waals surface area contributed by atoms with Crippen molar-refractivity contribution in [1.82, 2.24) is 19.6 Å². The molecular formula is C17H17ClN6O3. The summed E-state index contributed by atoms with van der Waals surface area (Å²) in [7, 11) is 0. The maximum Gasteiger partial charge on any atom is 0.307 e. The number of carbonyl (C=O) groups is 1. The maximum atomic E-state index is 12.6. The first-order valence-corrected chi connectivity index (χ1v) is 8.42. The molecule has 27 heavy (non-hydrogen) atoms. The van der Waals surface area contributed by atoms with Crippen molar-refractivity contribution in [2.45, 2.75) is 25.9 Å². The van der Waals surface area contributed by atoms with Crippen LogP contribution < -0.4 is 5.32 Å². The lowest BCUT2D eigenvalue weighted by Crippen LogP contribution is -2.40. The van der Waals surface area contributed by atoms with Crippen LogP contribution in [0.1, 0.15) is 19.4 Å². The van der Waals surface area contributed by atoms with E-state index in [4.69, 9.17) is 11.6 Å². The smallest absolute Gasteiger partial charge is 0.307 e. The first-order chi connectivity index (χ1) is 12.8. The standard InChI is InChI=1S/C17H17ClN6O3/c1-17(2,23-11-14(9-19-23)24(26)27)16(25)20-15-6-7-22(21-15)10-12-4-3-5-13(18)8-12/h3-9,11H,10H2,1-2H3,(H,20,21,25). The molecule has 0 unspecified atom stereocenters. The highest BCUT2D eigenvalue weighted by atomic mass is 35.5. The average molecular weight is 389 g/mol. The Labute approximate surface area is 159 Å². The molecule has 0 atom stereocenters. The van der Waals surface area contributed by atoms with Crippen molar-refractivity contribution in [2.24, 2.45) is 0 Å². The second-order valence-corrected chi connectivity index (χ2v) is 6.88. The number of benzene rings is 1. The third-order valence-corrected chi connectivity index (χ3v) is 4.26. The van der Waals surface area contributed by atoms with E-state index in [0.29, 0.717) is 17.4 Å². The van der Waals surface area contributed by atoms with Gasteiger partial charge in [-0.05, 0) is 31.5 Å². The fourth-order valence-corrected chi connectivity index (χ4v) is 2.64. The van der Waals surface area contributed by atoms with Crippen molar-refractivity contribution in [2.75, 3.05) is 5.32 Å². The van der Waals surface area contributed by atoms with Gasteiger partial charge in [-0.25, -0.2) is 0 Å². The molecule has 10 heteroatoms. The molecule has 0 bridgehead atoms. The van der Waals surface area contributed by atoms with Crippen LogP contribution in [-0.4, -0.2) is 30.4 Å². The molecule has 0 aliphatic carbocycles. The molecule has 2 aromatic heterocycles. The molecule has 9 nitrogen and oxygen atoms in total. The molecule has 0 saturated carbocycles. The fraction of sp³-hybridized carbons (Fsp3) is 0.235. The number of amides is 1. The zero-order chi connectivity index (χ0) is 19.6. The molecule has 1 amide bonds. The molecular weight excluding hydrogens is 372 g/mol. The highest BCUT2D eigenvalue weighted by Gasteiger charge is 2.32. The normalized spacial score (nSPS) is 11.4. The third kappa shape index (κ3) is 4.14. The molecule has 0 spiro atoms. The molecule has 3 aromatic rings. The molecule has 0 saturated heterocycles. The summed E-state index contributed by atoms with van der Waals surface area (Å²) in [5, 5.41) is 22.4. The number of halogens is 1. The first-order valence-electron chi connectivity index (χ1n) is 8.04. The molecule has 3 rings (SSSR count). The Bertz CT molecular complexity index is 994. The zero-order valence-electron chi connectivity index (χ0n) is 14.7. The van der Waals surface area contributed by atoms with E-state index in [1.807, 2.05) is 18.2 Å². The minimum Gasteiger partial charge on any atom is -0.307 e. The van der Waals surface area contributed by atoms with Crippen LogP contribution in [0, 0.1) is 10.1 Å². The summed E-state index contributed by atoms with van der Waals surface area (Å²) in [6, 6.07) is 9.09. The lowest BCUT2D eigenvalue weighted by Gasteiger charge is -2.23. The highest BCUT2D eigenvalue weighted by Crippen LogP contribution is 2.20. The van der Waals surface area contributed by atoms with Crippen LogP contribution in [0.4, 0.5) is 11.5 Å². The monoisotopic (exact) mass is 388 g/mol. The summed E-state index contributed by atoms with van der Waals surface area (Å²) >= 11 is 5.98. The van der Waals surface area contributed by atoms with Crippen molar-refractivity contribution < 1.29 is 9.72 Å². The first kappa shape index (κ1) is 18.6. The number of nitrogens with zero attached hydrogens (tertiary/aromatic N) is 5. The molecule has 2 heterocycles. The minimum atomic E-state index is -1.13. The predicted octanol–water partition coefficient (Wildman–Crippen LogP) is 3.06. The van der Waals surface area contributed by atoms with Crippen LogP contribution in [0.15, 0.2) is 48.9 Å². The van der Waals surface area contributed by atoms with Crippen molar-refractivity contribution >= 4 is 29.0 Å². The zero-order valence-corrected chi connectivity index (χ0v) is 15.4. The Morgan fingerprint density at radius 1 is 1.37 bits per heavy atom. The summed E-state index contributed by atoms with van der Waals surface area (Å²) < 4.78 is 2.93. The van der Waals surface area contributed by atoms with Gasteiger partial charge in [-0.2, -0.15) is 10.2 Å². The Hall–Kier alpha value is -3.20. The summed E-state index contributed by atoms with van der Waals surface area (Å²) in [4.78, 5) is 22.9. The number of aromatic nitrogens is 4. The van der Waals surface area contributed by atoms with Crippen LogP contribution in [0.2, 0.25) is 5.02 Å². The van der Waals surface area contributed by atoms with E-state index in [2.05, 4.69) is 15.5 Å². The van der Waals surface area contributed by atoms with Gasteiger partial charge in [0, 0.05) is 17.3 Å². The number of nitro groups is 1. The van der Waals surface area contributed by atoms with Crippen molar-refractivity contribution in [3.8, 4) is 0 Å². The Morgan fingerprint density at radius 3 is 2.81 bits per heavy atom. The molecule has 1 N–H and O–H groups in total. The number of hydrogen-bond acceptors (Lipinski definition) is 5. The predicted molar refractivity (Wildman–Crippen MR) is 99.6 cm³/mol. The van der Waals surface area contributed by atoms with Gasteiger partial charge in [0.2, 0.25) is 0 Å². The number of hydrogen-bond donors (Lipinski definition) is 1. The van der Waals surface area contributed by atoms with Crippen LogP contribution >= 0.6 is 11.6 Å². The summed E-state index contributed by atoms with van der Waals surface area (Å²) in [5.41, 5.74) is -0.334. The molecule has 0 aliphatic heterocycles. The SMILES string of the molecule is CC(C)(C(=O)Nc1ccn(Cc2cccc(Cl)c2)n1)n1cc([N+](=O)[O-])cn1. The molecule has 0 radical (unpaired) electrons. The van der Waals surface area contributed by atoms with E-state index in [0.717, 1.165) is 11.8 Å². The summed E-state index contributed by atoms with van der Waals surface area (Å²) in [6.45, 7) is 3.73. The van der Waals surface area contributed by atoms with Gasteiger partial charge in [0.1, 0.15) is 17.9 Å². The van der Waals surface area contributed by atoms with Crippen LogP contribution in [0.25, 0.3) is 0 Å². The molecule has 0 fully saturated rings. The van der Waals surface area contributed by atoms with Gasteiger partial charge in [-0.3, -0.25) is 24.3 Å². The second-order valence-electron chi connectivity index (χ2n) is 6.44. The number of rotatable bonds is 6. The highest BCUT2D eigenvalue weighted by molar-refractivity contribution is 6.30. The molecule has 140 valence electrons. The summed E-state index contributed by atoms with van der Waals surface area (Å²) in [6.07, 6.45) is 4.06. The van der Waals surface area contributed by atoms with Crippen LogP contribution in [0.5, 0.6) is 0 Å². The summed E-state index contributed by atoms with van der Waals surface area (Å²) in [5.74, 6) is -0.0229. The van der Waals surface area contributed by atoms with Crippen molar-refractivity contribution in [3.05, 3.63) is 69.6 Å². The topological polar surface area (TPSA) is 108 Å². The van der Waals surface area contributed by atoms with E-state index < -0.39 is 16.4 Å². The quantitative estimate of drug-likeness (QED) is 0.515. The van der Waals surface area contributed by atoms with Gasteiger partial charge < -0.3 is 5.32 Å². The van der Waals surface area contributed by atoms with Gasteiger partial charge in [0.25, 0.3) is 5.91 Å². The Morgan fingerprint density at radius 2 is 2.15 bits per heavy atom. The minimum absolute atomic E-state index is 0.179. The Balaban J connectivity index is 1.70. The maximum absolute atomic E-state index is 12.6. The largest absolute Gasteiger partial charge is 0.307 e. The number of nitrogens with one attached hydrogen (secondary N) is 1. The van der Waals surface area contributed by atoms with Gasteiger partial charge in [0.05, 0.1) is 11.5 Å². The van der Waals surface area contributed by atoms with Crippen LogP contribution in [-0.2, 0) is 16.9 Å². The van der Waals surface area contributed by atoms with Gasteiger partial charge in [-0.1, -0.05) is 23.7 Å². The van der Waals surface area contributed by atoms with Crippen molar-refractivity contribution in [3.63, 3.8) is 0 Å². The fourth-order valence-electron chi connectivity index (χ4n) is 2.43. The van der Waals surface area contributed by atoms with E-state index in [9.17, 15) is 14.9 Å². The lowest BCUT2D eigenvalue weighted by molar-refractivity contribution is -0.385. The van der Waals surface area contributed by atoms with E-state index >= 15 is 0 Å². The third-order valence-electron chi connectivity index (χ3n) is 4.02. The van der Waals surface area contributed by atoms with Crippen molar-refractivity contribution in [1.29, 1.82) is 0 Å². The molecule has 1 aromatic carbocycles. The number of carbonyl (C=O) groups excluding carboxylic acids is 1. The van der Waals surface area contributed by atoms with Gasteiger partial charge in [0.15, 0.2) is 5.82 Å². The van der Waals surface area contributed by atoms with E-state index in [1.54, 1.807) is 36.9 Å². The van der Waals surface area contributed by atoms with Gasteiger partial charge >= 0.3 is 5.69 Å². The average Bonchev–Trinajstić information content (AvgIpc) is 3.25. The Kier molecular flexibility index (Phi) is 4.95.